The smallest absolute Gasteiger partial charge is 0.264 e. The van der Waals surface area contributed by atoms with Gasteiger partial charge >= 0.3 is 0 Å². The summed E-state index contributed by atoms with van der Waals surface area (Å²) in [6.45, 7) is 3.89. The Morgan fingerprint density at radius 3 is 2.40 bits per heavy atom. The molecule has 0 saturated carbocycles. The van der Waals surface area contributed by atoms with Gasteiger partial charge in [0.1, 0.15) is 12.3 Å². The van der Waals surface area contributed by atoms with Crippen molar-refractivity contribution in [1.82, 2.24) is 0 Å². The molecule has 6 nitrogen and oxygen atoms in total. The minimum atomic E-state index is -3.93. The predicted molar refractivity (Wildman–Crippen MR) is 118 cm³/mol. The molecular weight excluding hydrogens is 400 g/mol. The quantitative estimate of drug-likeness (QED) is 0.587. The fraction of sp³-hybridized carbons (Fsp3) is 0.174. The summed E-state index contributed by atoms with van der Waals surface area (Å²) in [4.78, 5) is 12.9. The van der Waals surface area contributed by atoms with E-state index in [-0.39, 0.29) is 11.4 Å². The van der Waals surface area contributed by atoms with Gasteiger partial charge in [-0.05, 0) is 55.8 Å². The van der Waals surface area contributed by atoms with Crippen molar-refractivity contribution in [1.29, 1.82) is 0 Å². The first-order valence-electron chi connectivity index (χ1n) is 9.57. The van der Waals surface area contributed by atoms with Gasteiger partial charge in [0, 0.05) is 11.8 Å². The lowest BCUT2D eigenvalue weighted by atomic mass is 10.2. The van der Waals surface area contributed by atoms with Gasteiger partial charge in [-0.1, -0.05) is 36.4 Å². The van der Waals surface area contributed by atoms with Crippen LogP contribution in [0.1, 0.15) is 12.5 Å². The third kappa shape index (κ3) is 5.18. The van der Waals surface area contributed by atoms with Crippen molar-refractivity contribution in [2.45, 2.75) is 18.7 Å². The molecule has 0 atom stereocenters. The van der Waals surface area contributed by atoms with Crippen LogP contribution in [0.25, 0.3) is 0 Å². The highest BCUT2D eigenvalue weighted by Gasteiger charge is 2.27. The number of hydrogen-bond acceptors (Lipinski definition) is 4. The van der Waals surface area contributed by atoms with E-state index in [1.807, 2.05) is 19.9 Å². The molecule has 0 spiro atoms. The van der Waals surface area contributed by atoms with E-state index >= 15 is 0 Å². The zero-order chi connectivity index (χ0) is 21.6. The van der Waals surface area contributed by atoms with Crippen molar-refractivity contribution in [2.24, 2.45) is 0 Å². The van der Waals surface area contributed by atoms with Crippen LogP contribution in [0.3, 0.4) is 0 Å². The van der Waals surface area contributed by atoms with Crippen molar-refractivity contribution in [3.63, 3.8) is 0 Å². The van der Waals surface area contributed by atoms with Crippen LogP contribution in [-0.4, -0.2) is 27.5 Å². The SMILES string of the molecule is CCOc1cccc(NC(=O)CN(c2cccc(C)c2)S(=O)(=O)c2ccccc2)c1. The van der Waals surface area contributed by atoms with Gasteiger partial charge in [0.15, 0.2) is 0 Å². The van der Waals surface area contributed by atoms with Crippen LogP contribution < -0.4 is 14.4 Å². The summed E-state index contributed by atoms with van der Waals surface area (Å²) in [7, 11) is -3.93. The Bertz CT molecular complexity index is 1110. The molecule has 0 aromatic heterocycles. The molecule has 1 N–H and O–H groups in total. The molecule has 0 heterocycles. The molecule has 0 aliphatic heterocycles. The van der Waals surface area contributed by atoms with E-state index in [4.69, 9.17) is 4.74 Å². The molecule has 3 aromatic carbocycles. The second kappa shape index (κ2) is 9.45. The van der Waals surface area contributed by atoms with E-state index in [0.717, 1.165) is 9.87 Å². The molecule has 1 amide bonds. The summed E-state index contributed by atoms with van der Waals surface area (Å²) < 4.78 is 33.2. The van der Waals surface area contributed by atoms with E-state index in [1.165, 1.54) is 12.1 Å². The fourth-order valence-corrected chi connectivity index (χ4v) is 4.41. The average molecular weight is 425 g/mol. The van der Waals surface area contributed by atoms with E-state index in [1.54, 1.807) is 60.7 Å². The first-order chi connectivity index (χ1) is 14.4. The maximum Gasteiger partial charge on any atom is 0.264 e. The minimum Gasteiger partial charge on any atom is -0.494 e. The molecule has 3 rings (SSSR count). The van der Waals surface area contributed by atoms with Gasteiger partial charge < -0.3 is 10.1 Å². The van der Waals surface area contributed by atoms with Gasteiger partial charge in [-0.15, -0.1) is 0 Å². The van der Waals surface area contributed by atoms with Crippen LogP contribution in [0.15, 0.2) is 83.8 Å². The van der Waals surface area contributed by atoms with Gasteiger partial charge in [0.05, 0.1) is 17.2 Å². The third-order valence-electron chi connectivity index (χ3n) is 4.34. The molecule has 0 aliphatic rings. The highest BCUT2D eigenvalue weighted by molar-refractivity contribution is 7.92. The Balaban J connectivity index is 1.89. The van der Waals surface area contributed by atoms with Crippen molar-refractivity contribution < 1.29 is 17.9 Å². The predicted octanol–water partition coefficient (Wildman–Crippen LogP) is 4.23. The number of amides is 1. The van der Waals surface area contributed by atoms with Gasteiger partial charge in [0.25, 0.3) is 10.0 Å². The maximum absolute atomic E-state index is 13.3. The lowest BCUT2D eigenvalue weighted by Gasteiger charge is -2.24. The Morgan fingerprint density at radius 2 is 1.70 bits per heavy atom. The number of carbonyl (C=O) groups is 1. The second-order valence-corrected chi connectivity index (χ2v) is 8.54. The monoisotopic (exact) mass is 424 g/mol. The number of sulfonamides is 1. The zero-order valence-electron chi connectivity index (χ0n) is 16.9. The van der Waals surface area contributed by atoms with Crippen LogP contribution in [-0.2, 0) is 14.8 Å². The van der Waals surface area contributed by atoms with Crippen molar-refractivity contribution in [3.05, 3.63) is 84.4 Å². The molecule has 3 aromatic rings. The minimum absolute atomic E-state index is 0.123. The number of benzene rings is 3. The summed E-state index contributed by atoms with van der Waals surface area (Å²) >= 11 is 0. The number of carbonyl (C=O) groups excluding carboxylic acids is 1. The van der Waals surface area contributed by atoms with Crippen molar-refractivity contribution >= 4 is 27.3 Å². The summed E-state index contributed by atoms with van der Waals surface area (Å²) in [5.74, 6) is 0.174. The number of nitrogens with zero attached hydrogens (tertiary/aromatic N) is 1. The van der Waals surface area contributed by atoms with Crippen LogP contribution in [0, 0.1) is 6.92 Å². The van der Waals surface area contributed by atoms with Gasteiger partial charge in [0.2, 0.25) is 5.91 Å². The highest BCUT2D eigenvalue weighted by atomic mass is 32.2. The molecule has 0 aliphatic carbocycles. The van der Waals surface area contributed by atoms with Crippen molar-refractivity contribution in [2.75, 3.05) is 22.8 Å². The Kier molecular flexibility index (Phi) is 6.74. The third-order valence-corrected chi connectivity index (χ3v) is 6.12. The first kappa shape index (κ1) is 21.4. The van der Waals surface area contributed by atoms with Crippen LogP contribution in [0.2, 0.25) is 0 Å². The highest BCUT2D eigenvalue weighted by Crippen LogP contribution is 2.25. The summed E-state index contributed by atoms with van der Waals surface area (Å²) in [6.07, 6.45) is 0. The Hall–Kier alpha value is -3.32. The number of aryl methyl sites for hydroxylation is 1. The Morgan fingerprint density at radius 1 is 0.967 bits per heavy atom. The molecule has 7 heteroatoms. The number of nitrogens with one attached hydrogen (secondary N) is 1. The largest absolute Gasteiger partial charge is 0.494 e. The Labute approximate surface area is 177 Å². The van der Waals surface area contributed by atoms with Crippen LogP contribution in [0.4, 0.5) is 11.4 Å². The summed E-state index contributed by atoms with van der Waals surface area (Å²) in [6, 6.07) is 22.1. The topological polar surface area (TPSA) is 75.7 Å². The van der Waals surface area contributed by atoms with Crippen LogP contribution in [0.5, 0.6) is 5.75 Å². The number of ether oxygens (including phenoxy) is 1. The summed E-state index contributed by atoms with van der Waals surface area (Å²) in [5.41, 5.74) is 1.86. The second-order valence-electron chi connectivity index (χ2n) is 6.67. The van der Waals surface area contributed by atoms with Gasteiger partial charge in [-0.3, -0.25) is 9.10 Å². The molecule has 30 heavy (non-hydrogen) atoms. The molecule has 0 bridgehead atoms. The molecule has 0 radical (unpaired) electrons. The van der Waals surface area contributed by atoms with E-state index < -0.39 is 15.9 Å². The zero-order valence-corrected chi connectivity index (χ0v) is 17.7. The van der Waals surface area contributed by atoms with Gasteiger partial charge in [-0.25, -0.2) is 8.42 Å². The van der Waals surface area contributed by atoms with Crippen molar-refractivity contribution in [3.8, 4) is 5.75 Å². The number of anilines is 2. The van der Waals surface area contributed by atoms with E-state index in [0.29, 0.717) is 23.7 Å². The van der Waals surface area contributed by atoms with Crippen LogP contribution >= 0.6 is 0 Å². The fourth-order valence-electron chi connectivity index (χ4n) is 2.98. The van der Waals surface area contributed by atoms with Gasteiger partial charge in [-0.2, -0.15) is 0 Å². The first-order valence-corrected chi connectivity index (χ1v) is 11.0. The van der Waals surface area contributed by atoms with E-state index in [2.05, 4.69) is 5.32 Å². The normalized spacial score (nSPS) is 11.0. The summed E-state index contributed by atoms with van der Waals surface area (Å²) in [5, 5.41) is 2.75. The molecule has 0 saturated heterocycles. The number of hydrogen-bond donors (Lipinski definition) is 1. The maximum atomic E-state index is 13.3. The molecule has 0 fully saturated rings. The lowest BCUT2D eigenvalue weighted by molar-refractivity contribution is -0.114. The number of rotatable bonds is 8. The molecular formula is C23H24N2O4S. The standard InChI is InChI=1S/C23H24N2O4S/c1-3-29-21-12-8-10-19(16-21)24-23(26)17-25(20-11-7-9-18(2)15-20)30(27,28)22-13-5-4-6-14-22/h4-16H,3,17H2,1-2H3,(H,24,26). The van der Waals surface area contributed by atoms with E-state index in [9.17, 15) is 13.2 Å². The lowest BCUT2D eigenvalue weighted by Crippen LogP contribution is -2.38. The molecule has 0 unspecified atom stereocenters. The average Bonchev–Trinajstić information content (AvgIpc) is 2.73. The molecule has 156 valence electrons.